The van der Waals surface area contributed by atoms with Gasteiger partial charge in [0, 0.05) is 25.0 Å². The fraction of sp³-hybridized carbons (Fsp3) is 1.00. The highest BCUT2D eigenvalue weighted by atomic mass is 16.6. The van der Waals surface area contributed by atoms with E-state index in [4.69, 9.17) is 15.2 Å². The molecule has 0 spiro atoms. The van der Waals surface area contributed by atoms with Gasteiger partial charge in [0.25, 0.3) is 0 Å². The summed E-state index contributed by atoms with van der Waals surface area (Å²) in [5, 5.41) is 11.3. The van der Waals surface area contributed by atoms with Gasteiger partial charge in [0.05, 0.1) is 17.8 Å². The largest absolute Gasteiger partial charge is 0.386 e. The van der Waals surface area contributed by atoms with Gasteiger partial charge in [0.15, 0.2) is 0 Å². The van der Waals surface area contributed by atoms with Crippen LogP contribution in [0.2, 0.25) is 0 Å². The normalized spacial score (nSPS) is 43.0. The lowest BCUT2D eigenvalue weighted by molar-refractivity contribution is -0.204. The minimum atomic E-state index is -0.932. The van der Waals surface area contributed by atoms with Gasteiger partial charge in [-0.2, -0.15) is 0 Å². The van der Waals surface area contributed by atoms with Crippen LogP contribution < -0.4 is 5.73 Å². The maximum absolute atomic E-state index is 11.3. The molecular formula is C14H27NO3. The molecule has 0 aromatic rings. The number of rotatable bonds is 2. The van der Waals surface area contributed by atoms with Gasteiger partial charge in [0.2, 0.25) is 0 Å². The summed E-state index contributed by atoms with van der Waals surface area (Å²) in [6, 6.07) is 0. The molecule has 0 radical (unpaired) electrons. The summed E-state index contributed by atoms with van der Waals surface area (Å²) in [6.07, 6.45) is 2.46. The topological polar surface area (TPSA) is 64.7 Å². The molecule has 2 fully saturated rings. The van der Waals surface area contributed by atoms with Gasteiger partial charge in [0.1, 0.15) is 5.60 Å². The molecule has 2 aliphatic rings. The van der Waals surface area contributed by atoms with Crippen molar-refractivity contribution in [2.24, 2.45) is 11.1 Å². The molecule has 4 nitrogen and oxygen atoms in total. The van der Waals surface area contributed by atoms with Crippen LogP contribution in [0.15, 0.2) is 0 Å². The maximum atomic E-state index is 11.3. The minimum Gasteiger partial charge on any atom is -0.386 e. The van der Waals surface area contributed by atoms with Gasteiger partial charge in [-0.05, 0) is 40.5 Å². The molecule has 0 saturated carbocycles. The highest BCUT2D eigenvalue weighted by Gasteiger charge is 2.65. The molecule has 0 aromatic carbocycles. The van der Waals surface area contributed by atoms with Crippen molar-refractivity contribution < 1.29 is 14.6 Å². The van der Waals surface area contributed by atoms with Crippen LogP contribution in [0.5, 0.6) is 0 Å². The predicted octanol–water partition coefficient (Wildman–Crippen LogP) is 1.45. The molecule has 0 aliphatic carbocycles. The van der Waals surface area contributed by atoms with E-state index in [0.29, 0.717) is 19.6 Å². The Bertz CT molecular complexity index is 321. The van der Waals surface area contributed by atoms with E-state index in [9.17, 15) is 5.11 Å². The van der Waals surface area contributed by atoms with E-state index in [0.717, 1.165) is 19.4 Å². The first-order valence-corrected chi connectivity index (χ1v) is 6.89. The van der Waals surface area contributed by atoms with E-state index in [2.05, 4.69) is 0 Å². The molecule has 0 aromatic heterocycles. The first-order valence-electron chi connectivity index (χ1n) is 6.89. The number of ether oxygens (including phenoxy) is 2. The highest BCUT2D eigenvalue weighted by molar-refractivity contribution is 5.16. The molecule has 2 aliphatic heterocycles. The van der Waals surface area contributed by atoms with Gasteiger partial charge in [-0.1, -0.05) is 0 Å². The Kier molecular flexibility index (Phi) is 3.30. The van der Waals surface area contributed by atoms with Gasteiger partial charge < -0.3 is 20.3 Å². The van der Waals surface area contributed by atoms with Gasteiger partial charge in [-0.3, -0.25) is 0 Å². The summed E-state index contributed by atoms with van der Waals surface area (Å²) < 4.78 is 11.7. The standard InChI is InChI=1S/C14H27NO3/c1-11(2)8-14(16,12(3,4)18-11)13(9-15)6-5-7-17-10-13/h16H,5-10,15H2,1-4H3. The number of nitrogens with two attached hydrogens (primary N) is 1. The Labute approximate surface area is 110 Å². The zero-order valence-corrected chi connectivity index (χ0v) is 12.1. The maximum Gasteiger partial charge on any atom is 0.105 e. The van der Waals surface area contributed by atoms with Crippen LogP contribution in [0.3, 0.4) is 0 Å². The fourth-order valence-corrected chi connectivity index (χ4v) is 3.97. The second kappa shape index (κ2) is 4.17. The van der Waals surface area contributed by atoms with Crippen molar-refractivity contribution >= 4 is 0 Å². The van der Waals surface area contributed by atoms with E-state index < -0.39 is 11.2 Å². The van der Waals surface area contributed by atoms with Crippen molar-refractivity contribution in [2.75, 3.05) is 19.8 Å². The van der Waals surface area contributed by atoms with Gasteiger partial charge in [-0.25, -0.2) is 0 Å². The first-order chi connectivity index (χ1) is 8.18. The van der Waals surface area contributed by atoms with Crippen molar-refractivity contribution in [3.63, 3.8) is 0 Å². The average Bonchev–Trinajstić information content (AvgIpc) is 2.44. The van der Waals surface area contributed by atoms with Crippen LogP contribution in [-0.2, 0) is 9.47 Å². The van der Waals surface area contributed by atoms with E-state index in [1.165, 1.54) is 0 Å². The molecular weight excluding hydrogens is 230 g/mol. The summed E-state index contributed by atoms with van der Waals surface area (Å²) >= 11 is 0. The second-order valence-corrected chi connectivity index (χ2v) is 7.05. The first kappa shape index (κ1) is 14.3. The lowest BCUT2D eigenvalue weighted by Crippen LogP contribution is -2.64. The van der Waals surface area contributed by atoms with E-state index in [1.54, 1.807) is 0 Å². The van der Waals surface area contributed by atoms with Gasteiger partial charge in [-0.15, -0.1) is 0 Å². The molecule has 0 amide bonds. The quantitative estimate of drug-likeness (QED) is 0.786. The molecule has 3 N–H and O–H groups in total. The van der Waals surface area contributed by atoms with Crippen LogP contribution >= 0.6 is 0 Å². The van der Waals surface area contributed by atoms with Gasteiger partial charge >= 0.3 is 0 Å². The van der Waals surface area contributed by atoms with Crippen molar-refractivity contribution in [1.29, 1.82) is 0 Å². The summed E-state index contributed by atoms with van der Waals surface area (Å²) in [5.74, 6) is 0. The third-order valence-electron chi connectivity index (χ3n) is 4.80. The predicted molar refractivity (Wildman–Crippen MR) is 70.4 cm³/mol. The monoisotopic (exact) mass is 257 g/mol. The van der Waals surface area contributed by atoms with Crippen LogP contribution in [-0.4, -0.2) is 41.7 Å². The van der Waals surface area contributed by atoms with Crippen molar-refractivity contribution in [3.8, 4) is 0 Å². The Morgan fingerprint density at radius 1 is 1.22 bits per heavy atom. The van der Waals surface area contributed by atoms with Crippen molar-refractivity contribution in [2.45, 2.75) is 63.8 Å². The van der Waals surface area contributed by atoms with E-state index in [1.807, 2.05) is 27.7 Å². The number of aliphatic hydroxyl groups is 1. The highest BCUT2D eigenvalue weighted by Crippen LogP contribution is 2.55. The second-order valence-electron chi connectivity index (χ2n) is 7.05. The Balaban J connectivity index is 2.39. The summed E-state index contributed by atoms with van der Waals surface area (Å²) in [6.45, 7) is 9.72. The molecule has 18 heavy (non-hydrogen) atoms. The fourth-order valence-electron chi connectivity index (χ4n) is 3.97. The Hall–Kier alpha value is -0.160. The van der Waals surface area contributed by atoms with Crippen molar-refractivity contribution in [3.05, 3.63) is 0 Å². The molecule has 2 heterocycles. The average molecular weight is 257 g/mol. The molecule has 2 unspecified atom stereocenters. The number of hydrogen-bond acceptors (Lipinski definition) is 4. The lowest BCUT2D eigenvalue weighted by atomic mass is 9.60. The molecule has 106 valence electrons. The molecule has 2 atom stereocenters. The zero-order valence-electron chi connectivity index (χ0n) is 12.1. The third kappa shape index (κ3) is 1.90. The number of hydrogen-bond donors (Lipinski definition) is 2. The van der Waals surface area contributed by atoms with Crippen LogP contribution in [0.4, 0.5) is 0 Å². The third-order valence-corrected chi connectivity index (χ3v) is 4.80. The Morgan fingerprint density at radius 2 is 1.89 bits per heavy atom. The van der Waals surface area contributed by atoms with E-state index >= 15 is 0 Å². The molecule has 4 heteroatoms. The van der Waals surface area contributed by atoms with Crippen molar-refractivity contribution in [1.82, 2.24) is 0 Å². The zero-order chi connectivity index (χ0) is 13.7. The molecule has 2 saturated heterocycles. The van der Waals surface area contributed by atoms with Crippen LogP contribution in [0, 0.1) is 5.41 Å². The molecule has 0 bridgehead atoms. The minimum absolute atomic E-state index is 0.322. The SMILES string of the molecule is CC1(C)CC(O)(C2(CN)CCCOC2)C(C)(C)O1. The van der Waals surface area contributed by atoms with Crippen LogP contribution in [0.25, 0.3) is 0 Å². The summed E-state index contributed by atoms with van der Waals surface area (Å²) in [7, 11) is 0. The molecule has 2 rings (SSSR count). The smallest absolute Gasteiger partial charge is 0.105 e. The van der Waals surface area contributed by atoms with E-state index in [-0.39, 0.29) is 11.0 Å². The summed E-state index contributed by atoms with van der Waals surface area (Å²) in [5.41, 5.74) is 3.78. The lowest BCUT2D eigenvalue weighted by Gasteiger charge is -2.51. The summed E-state index contributed by atoms with van der Waals surface area (Å²) in [4.78, 5) is 0. The van der Waals surface area contributed by atoms with Crippen LogP contribution in [0.1, 0.15) is 47.0 Å². The Morgan fingerprint density at radius 3 is 2.28 bits per heavy atom.